The van der Waals surface area contributed by atoms with Gasteiger partial charge in [-0.25, -0.2) is 0 Å². The topological polar surface area (TPSA) is 23.5 Å². The molecule has 0 bridgehead atoms. The lowest BCUT2D eigenvalue weighted by molar-refractivity contribution is 0.0247. The molecule has 1 fully saturated rings. The largest absolute Gasteiger partial charge is 0.391 e. The van der Waals surface area contributed by atoms with Crippen LogP contribution in [-0.4, -0.2) is 35.7 Å². The van der Waals surface area contributed by atoms with Crippen molar-refractivity contribution in [3.05, 3.63) is 0 Å². The maximum atomic E-state index is 10.1. The monoisotopic (exact) mass is 241 g/mol. The normalized spacial score (nSPS) is 27.4. The maximum Gasteiger partial charge on any atom is 0.0695 e. The lowest BCUT2D eigenvalue weighted by Gasteiger charge is -2.37. The van der Waals surface area contributed by atoms with Gasteiger partial charge in [0.25, 0.3) is 0 Å². The van der Waals surface area contributed by atoms with Crippen molar-refractivity contribution >= 4 is 0 Å². The van der Waals surface area contributed by atoms with Crippen LogP contribution in [0.25, 0.3) is 0 Å². The summed E-state index contributed by atoms with van der Waals surface area (Å²) in [6.07, 6.45) is 9.86. The highest BCUT2D eigenvalue weighted by Gasteiger charge is 2.27. The van der Waals surface area contributed by atoms with E-state index in [2.05, 4.69) is 25.8 Å². The van der Waals surface area contributed by atoms with E-state index in [1.54, 1.807) is 0 Å². The Labute approximate surface area is 107 Å². The molecular formula is C15H31NO. The maximum absolute atomic E-state index is 10.1. The standard InChI is InChI=1S/C15H31NO/c1-4-6-9-13(5-2)12-16(3)14-10-7-8-11-15(14)17/h13-15,17H,4-12H2,1-3H3. The van der Waals surface area contributed by atoms with Gasteiger partial charge in [-0.1, -0.05) is 46.0 Å². The molecule has 17 heavy (non-hydrogen) atoms. The fourth-order valence-electron chi connectivity index (χ4n) is 3.07. The zero-order valence-electron chi connectivity index (χ0n) is 12.0. The number of hydrogen-bond acceptors (Lipinski definition) is 2. The Hall–Kier alpha value is -0.0800. The van der Waals surface area contributed by atoms with E-state index < -0.39 is 0 Å². The van der Waals surface area contributed by atoms with Gasteiger partial charge < -0.3 is 10.0 Å². The van der Waals surface area contributed by atoms with Crippen molar-refractivity contribution in [2.75, 3.05) is 13.6 Å². The number of aliphatic hydroxyl groups is 1. The summed E-state index contributed by atoms with van der Waals surface area (Å²) in [5, 5.41) is 10.1. The van der Waals surface area contributed by atoms with Crippen LogP contribution in [0.1, 0.15) is 65.2 Å². The third-order valence-electron chi connectivity index (χ3n) is 4.35. The molecule has 0 heterocycles. The van der Waals surface area contributed by atoms with E-state index >= 15 is 0 Å². The van der Waals surface area contributed by atoms with E-state index in [0.717, 1.165) is 18.9 Å². The summed E-state index contributed by atoms with van der Waals surface area (Å²) in [5.74, 6) is 0.814. The molecule has 0 aromatic rings. The molecule has 1 N–H and O–H groups in total. The Bertz CT molecular complexity index is 195. The first-order chi connectivity index (χ1) is 8.19. The van der Waals surface area contributed by atoms with Crippen LogP contribution in [0.4, 0.5) is 0 Å². The van der Waals surface area contributed by atoms with Gasteiger partial charge in [0.15, 0.2) is 0 Å². The van der Waals surface area contributed by atoms with Gasteiger partial charge in [-0.2, -0.15) is 0 Å². The Balaban J connectivity index is 2.36. The molecule has 0 amide bonds. The van der Waals surface area contributed by atoms with Crippen LogP contribution in [0.2, 0.25) is 0 Å². The van der Waals surface area contributed by atoms with Gasteiger partial charge >= 0.3 is 0 Å². The quantitative estimate of drug-likeness (QED) is 0.738. The predicted molar refractivity (Wildman–Crippen MR) is 74.2 cm³/mol. The molecule has 1 aliphatic carbocycles. The Kier molecular flexibility index (Phi) is 7.14. The minimum absolute atomic E-state index is 0.0857. The van der Waals surface area contributed by atoms with Gasteiger partial charge in [0.1, 0.15) is 0 Å². The molecule has 2 nitrogen and oxygen atoms in total. The smallest absolute Gasteiger partial charge is 0.0695 e. The van der Waals surface area contributed by atoms with Crippen molar-refractivity contribution in [1.82, 2.24) is 4.90 Å². The summed E-state index contributed by atoms with van der Waals surface area (Å²) in [6.45, 7) is 5.73. The average molecular weight is 241 g/mol. The molecule has 1 aliphatic rings. The number of likely N-dealkylation sites (N-methyl/N-ethyl adjacent to an activating group) is 1. The fourth-order valence-corrected chi connectivity index (χ4v) is 3.07. The molecule has 2 heteroatoms. The van der Waals surface area contributed by atoms with E-state index in [-0.39, 0.29) is 6.10 Å². The molecular weight excluding hydrogens is 210 g/mol. The number of rotatable bonds is 7. The lowest BCUT2D eigenvalue weighted by Crippen LogP contribution is -2.45. The third-order valence-corrected chi connectivity index (χ3v) is 4.35. The molecule has 1 rings (SSSR count). The van der Waals surface area contributed by atoms with E-state index in [0.29, 0.717) is 6.04 Å². The van der Waals surface area contributed by atoms with Crippen LogP contribution in [0, 0.1) is 5.92 Å². The van der Waals surface area contributed by atoms with Gasteiger partial charge in [-0.3, -0.25) is 0 Å². The second-order valence-electron chi connectivity index (χ2n) is 5.78. The molecule has 0 saturated heterocycles. The molecule has 102 valence electrons. The minimum Gasteiger partial charge on any atom is -0.391 e. The van der Waals surface area contributed by atoms with E-state index in [1.807, 2.05) is 0 Å². The summed E-state index contributed by atoms with van der Waals surface area (Å²) < 4.78 is 0. The van der Waals surface area contributed by atoms with Crippen LogP contribution < -0.4 is 0 Å². The van der Waals surface area contributed by atoms with Crippen LogP contribution >= 0.6 is 0 Å². The second-order valence-corrected chi connectivity index (χ2v) is 5.78. The molecule has 0 aliphatic heterocycles. The SMILES string of the molecule is CCCCC(CC)CN(C)C1CCCCC1O. The molecule has 0 spiro atoms. The molecule has 0 aromatic heterocycles. The number of unbranched alkanes of at least 4 members (excludes halogenated alkanes) is 1. The number of aliphatic hydroxyl groups excluding tert-OH is 1. The van der Waals surface area contributed by atoms with Gasteiger partial charge in [0.2, 0.25) is 0 Å². The first-order valence-corrected chi connectivity index (χ1v) is 7.57. The first-order valence-electron chi connectivity index (χ1n) is 7.57. The van der Waals surface area contributed by atoms with Crippen molar-refractivity contribution < 1.29 is 5.11 Å². The van der Waals surface area contributed by atoms with Gasteiger partial charge in [0, 0.05) is 12.6 Å². The van der Waals surface area contributed by atoms with Crippen LogP contribution in [0.5, 0.6) is 0 Å². The number of hydrogen-bond donors (Lipinski definition) is 1. The van der Waals surface area contributed by atoms with E-state index in [4.69, 9.17) is 0 Å². The zero-order chi connectivity index (χ0) is 12.7. The van der Waals surface area contributed by atoms with Crippen molar-refractivity contribution in [2.45, 2.75) is 77.4 Å². The number of nitrogens with zero attached hydrogens (tertiary/aromatic N) is 1. The highest BCUT2D eigenvalue weighted by Crippen LogP contribution is 2.24. The first kappa shape index (κ1) is 15.0. The van der Waals surface area contributed by atoms with E-state index in [1.165, 1.54) is 44.9 Å². The van der Waals surface area contributed by atoms with Crippen molar-refractivity contribution in [3.8, 4) is 0 Å². The molecule has 3 unspecified atom stereocenters. The van der Waals surface area contributed by atoms with Gasteiger partial charge in [-0.05, 0) is 32.2 Å². The molecule has 1 saturated carbocycles. The molecule has 0 aromatic carbocycles. The summed E-state index contributed by atoms with van der Waals surface area (Å²) in [5.41, 5.74) is 0. The van der Waals surface area contributed by atoms with Crippen LogP contribution in [-0.2, 0) is 0 Å². The predicted octanol–water partition coefficient (Wildman–Crippen LogP) is 3.44. The second kappa shape index (κ2) is 8.10. The molecule has 3 atom stereocenters. The van der Waals surface area contributed by atoms with Gasteiger partial charge in [-0.15, -0.1) is 0 Å². The zero-order valence-corrected chi connectivity index (χ0v) is 12.0. The Morgan fingerprint density at radius 3 is 2.53 bits per heavy atom. The average Bonchev–Trinajstić information content (AvgIpc) is 2.34. The van der Waals surface area contributed by atoms with E-state index in [9.17, 15) is 5.11 Å². The molecule has 0 radical (unpaired) electrons. The summed E-state index contributed by atoms with van der Waals surface area (Å²) >= 11 is 0. The van der Waals surface area contributed by atoms with Crippen molar-refractivity contribution in [1.29, 1.82) is 0 Å². The highest BCUT2D eigenvalue weighted by atomic mass is 16.3. The Morgan fingerprint density at radius 2 is 1.94 bits per heavy atom. The Morgan fingerprint density at radius 1 is 1.24 bits per heavy atom. The lowest BCUT2D eigenvalue weighted by atomic mass is 9.90. The van der Waals surface area contributed by atoms with Crippen molar-refractivity contribution in [2.24, 2.45) is 5.92 Å². The summed E-state index contributed by atoms with van der Waals surface area (Å²) in [6, 6.07) is 0.416. The fraction of sp³-hybridized carbons (Fsp3) is 1.00. The van der Waals surface area contributed by atoms with Crippen LogP contribution in [0.3, 0.4) is 0 Å². The van der Waals surface area contributed by atoms with Crippen molar-refractivity contribution in [3.63, 3.8) is 0 Å². The summed E-state index contributed by atoms with van der Waals surface area (Å²) in [7, 11) is 2.20. The minimum atomic E-state index is -0.0857. The van der Waals surface area contributed by atoms with Gasteiger partial charge in [0.05, 0.1) is 6.10 Å². The highest BCUT2D eigenvalue weighted by molar-refractivity contribution is 4.82. The van der Waals surface area contributed by atoms with Crippen LogP contribution in [0.15, 0.2) is 0 Å². The summed E-state index contributed by atoms with van der Waals surface area (Å²) in [4.78, 5) is 2.42. The third kappa shape index (κ3) is 4.97.